The summed E-state index contributed by atoms with van der Waals surface area (Å²) in [6.07, 6.45) is 0. The lowest BCUT2D eigenvalue weighted by atomic mass is 9.89. The highest BCUT2D eigenvalue weighted by molar-refractivity contribution is 5.82. The lowest BCUT2D eigenvalue weighted by molar-refractivity contribution is -0.142. The zero-order valence-electron chi connectivity index (χ0n) is 15.9. The summed E-state index contributed by atoms with van der Waals surface area (Å²) in [6, 6.07) is 18.2. The number of benzene rings is 2. The number of amides is 1. The number of rotatable bonds is 5. The van der Waals surface area contributed by atoms with E-state index >= 15 is 0 Å². The Kier molecular flexibility index (Phi) is 5.07. The van der Waals surface area contributed by atoms with Gasteiger partial charge in [-0.25, -0.2) is 0 Å². The van der Waals surface area contributed by atoms with Gasteiger partial charge in [0.2, 0.25) is 11.7 Å². The second-order valence-corrected chi connectivity index (χ2v) is 7.18. The van der Waals surface area contributed by atoms with Crippen LogP contribution in [0.2, 0.25) is 0 Å². The van der Waals surface area contributed by atoms with Gasteiger partial charge in [-0.05, 0) is 17.7 Å². The molecule has 8 heteroatoms. The molecule has 148 valence electrons. The van der Waals surface area contributed by atoms with E-state index in [2.05, 4.69) is 15.4 Å². The van der Waals surface area contributed by atoms with E-state index in [1.165, 1.54) is 4.80 Å². The summed E-state index contributed by atoms with van der Waals surface area (Å²) in [5.41, 5.74) is 1.74. The number of tetrazole rings is 1. The molecule has 1 fully saturated rings. The quantitative estimate of drug-likeness (QED) is 0.716. The van der Waals surface area contributed by atoms with Crippen LogP contribution in [0.25, 0.3) is 11.4 Å². The third kappa shape index (κ3) is 3.73. The molecule has 0 bridgehead atoms. The number of carbonyl (C=O) groups is 2. The molecule has 8 nitrogen and oxygen atoms in total. The molecule has 0 radical (unpaired) electrons. The van der Waals surface area contributed by atoms with Gasteiger partial charge in [-0.1, -0.05) is 60.7 Å². The molecule has 3 unspecified atom stereocenters. The van der Waals surface area contributed by atoms with E-state index in [1.54, 1.807) is 11.8 Å². The number of aliphatic carboxylic acids is 1. The molecule has 4 rings (SSSR count). The highest BCUT2D eigenvalue weighted by Gasteiger charge is 2.41. The number of carboxylic acid groups (broad SMARTS) is 1. The topological polar surface area (TPSA) is 101 Å². The van der Waals surface area contributed by atoms with Crippen LogP contribution in [0.3, 0.4) is 0 Å². The predicted octanol–water partition coefficient (Wildman–Crippen LogP) is 2.23. The first-order valence-electron chi connectivity index (χ1n) is 9.46. The molecule has 0 aliphatic carbocycles. The van der Waals surface area contributed by atoms with Gasteiger partial charge in [0, 0.05) is 24.6 Å². The van der Waals surface area contributed by atoms with Gasteiger partial charge >= 0.3 is 5.97 Å². The molecule has 0 saturated carbocycles. The maximum atomic E-state index is 13.0. The summed E-state index contributed by atoms with van der Waals surface area (Å²) in [4.78, 5) is 27.7. The minimum absolute atomic E-state index is 0.165. The number of nitrogens with zero attached hydrogens (tertiary/aromatic N) is 5. The lowest BCUT2D eigenvalue weighted by Crippen LogP contribution is -2.36. The molecule has 2 heterocycles. The standard InChI is InChI=1S/C21H21N5O3/c1-14(26-23-19(22-24-26)16-10-6-3-7-11-16)20(27)25-12-17(18(13-25)21(28)29)15-8-4-2-5-9-15/h2-11,14,17-18H,12-13H2,1H3,(H,28,29). The van der Waals surface area contributed by atoms with E-state index < -0.39 is 17.9 Å². The van der Waals surface area contributed by atoms with Crippen molar-refractivity contribution in [2.45, 2.75) is 18.9 Å². The SMILES string of the molecule is CC(C(=O)N1CC(C(=O)O)C(c2ccccc2)C1)n1nnc(-c2ccccc2)n1. The largest absolute Gasteiger partial charge is 0.481 e. The predicted molar refractivity (Wildman–Crippen MR) is 105 cm³/mol. The van der Waals surface area contributed by atoms with Crippen molar-refractivity contribution in [3.05, 3.63) is 66.2 Å². The second kappa shape index (κ2) is 7.83. The van der Waals surface area contributed by atoms with Crippen LogP contribution in [-0.4, -0.2) is 55.2 Å². The summed E-state index contributed by atoms with van der Waals surface area (Å²) in [5, 5.41) is 22.1. The zero-order valence-corrected chi connectivity index (χ0v) is 15.9. The number of carboxylic acids is 1. The van der Waals surface area contributed by atoms with Crippen LogP contribution in [0.15, 0.2) is 60.7 Å². The molecule has 3 atom stereocenters. The Morgan fingerprint density at radius 3 is 2.34 bits per heavy atom. The van der Waals surface area contributed by atoms with Gasteiger partial charge in [-0.3, -0.25) is 9.59 Å². The van der Waals surface area contributed by atoms with Gasteiger partial charge in [0.1, 0.15) is 6.04 Å². The highest BCUT2D eigenvalue weighted by Crippen LogP contribution is 2.34. The average Bonchev–Trinajstić information content (AvgIpc) is 3.42. The maximum absolute atomic E-state index is 13.0. The molecule has 1 N–H and O–H groups in total. The van der Waals surface area contributed by atoms with Crippen molar-refractivity contribution >= 4 is 11.9 Å². The fourth-order valence-corrected chi connectivity index (χ4v) is 3.73. The summed E-state index contributed by atoms with van der Waals surface area (Å²) < 4.78 is 0. The van der Waals surface area contributed by atoms with Crippen LogP contribution in [0.4, 0.5) is 0 Å². The van der Waals surface area contributed by atoms with Crippen molar-refractivity contribution in [3.63, 3.8) is 0 Å². The molecule has 2 aromatic carbocycles. The highest BCUT2D eigenvalue weighted by atomic mass is 16.4. The van der Waals surface area contributed by atoms with Crippen LogP contribution in [0, 0.1) is 5.92 Å². The molecule has 1 amide bonds. The van der Waals surface area contributed by atoms with E-state index in [0.29, 0.717) is 12.4 Å². The van der Waals surface area contributed by atoms with E-state index in [0.717, 1.165) is 11.1 Å². The monoisotopic (exact) mass is 391 g/mol. The lowest BCUT2D eigenvalue weighted by Gasteiger charge is -2.20. The van der Waals surface area contributed by atoms with Gasteiger partial charge in [0.25, 0.3) is 0 Å². The van der Waals surface area contributed by atoms with Gasteiger partial charge in [-0.2, -0.15) is 4.80 Å². The third-order valence-corrected chi connectivity index (χ3v) is 5.34. The van der Waals surface area contributed by atoms with E-state index in [4.69, 9.17) is 0 Å². The van der Waals surface area contributed by atoms with E-state index in [9.17, 15) is 14.7 Å². The smallest absolute Gasteiger partial charge is 0.308 e. The fraction of sp³-hybridized carbons (Fsp3) is 0.286. The number of likely N-dealkylation sites (tertiary alicyclic amines) is 1. The van der Waals surface area contributed by atoms with Gasteiger partial charge in [0.15, 0.2) is 0 Å². The van der Waals surface area contributed by atoms with Crippen LogP contribution in [0.5, 0.6) is 0 Å². The van der Waals surface area contributed by atoms with Crippen LogP contribution in [-0.2, 0) is 9.59 Å². The van der Waals surface area contributed by atoms with Gasteiger partial charge in [-0.15, -0.1) is 10.2 Å². The number of hydrogen-bond donors (Lipinski definition) is 1. The maximum Gasteiger partial charge on any atom is 0.308 e. The summed E-state index contributed by atoms with van der Waals surface area (Å²) in [7, 11) is 0. The Hall–Kier alpha value is -3.55. The number of hydrogen-bond acceptors (Lipinski definition) is 5. The molecule has 29 heavy (non-hydrogen) atoms. The fourth-order valence-electron chi connectivity index (χ4n) is 3.73. The Labute approximate surface area is 167 Å². The Morgan fingerprint density at radius 2 is 1.69 bits per heavy atom. The van der Waals surface area contributed by atoms with Gasteiger partial charge < -0.3 is 10.0 Å². The van der Waals surface area contributed by atoms with Gasteiger partial charge in [0.05, 0.1) is 5.92 Å². The Morgan fingerprint density at radius 1 is 1.03 bits per heavy atom. The Bertz CT molecular complexity index is 1010. The molecule has 1 aliphatic rings. The average molecular weight is 391 g/mol. The molecule has 1 aromatic heterocycles. The molecule has 1 saturated heterocycles. The number of aromatic nitrogens is 4. The summed E-state index contributed by atoms with van der Waals surface area (Å²) >= 11 is 0. The van der Waals surface area contributed by atoms with E-state index in [-0.39, 0.29) is 18.4 Å². The molecule has 1 aliphatic heterocycles. The number of carbonyl (C=O) groups excluding carboxylic acids is 1. The minimum atomic E-state index is -0.896. The minimum Gasteiger partial charge on any atom is -0.481 e. The molecular formula is C21H21N5O3. The zero-order chi connectivity index (χ0) is 20.4. The van der Waals surface area contributed by atoms with Crippen molar-refractivity contribution in [2.24, 2.45) is 5.92 Å². The normalized spacial score (nSPS) is 19.8. The first kappa shape index (κ1) is 18.8. The molecule has 3 aromatic rings. The van der Waals surface area contributed by atoms with Crippen LogP contribution in [0.1, 0.15) is 24.4 Å². The van der Waals surface area contributed by atoms with Crippen molar-refractivity contribution in [1.82, 2.24) is 25.1 Å². The third-order valence-electron chi connectivity index (χ3n) is 5.34. The van der Waals surface area contributed by atoms with Crippen LogP contribution < -0.4 is 0 Å². The molecule has 0 spiro atoms. The first-order chi connectivity index (χ1) is 14.0. The summed E-state index contributed by atoms with van der Waals surface area (Å²) in [6.45, 7) is 2.22. The van der Waals surface area contributed by atoms with Crippen LogP contribution >= 0.6 is 0 Å². The first-order valence-corrected chi connectivity index (χ1v) is 9.46. The van der Waals surface area contributed by atoms with Crippen molar-refractivity contribution in [1.29, 1.82) is 0 Å². The van der Waals surface area contributed by atoms with E-state index in [1.807, 2.05) is 60.7 Å². The van der Waals surface area contributed by atoms with Crippen molar-refractivity contribution in [3.8, 4) is 11.4 Å². The van der Waals surface area contributed by atoms with Crippen molar-refractivity contribution < 1.29 is 14.7 Å². The van der Waals surface area contributed by atoms with Crippen molar-refractivity contribution in [2.75, 3.05) is 13.1 Å². The Balaban J connectivity index is 1.52. The molecular weight excluding hydrogens is 370 g/mol. The second-order valence-electron chi connectivity index (χ2n) is 7.18. The summed E-state index contributed by atoms with van der Waals surface area (Å²) in [5.74, 6) is -1.55.